The Balaban J connectivity index is 1.78. The van der Waals surface area contributed by atoms with Crippen LogP contribution in [0.2, 0.25) is 0 Å². The third-order valence-corrected chi connectivity index (χ3v) is 5.31. The number of nitrogens with zero attached hydrogens (tertiary/aromatic N) is 1. The van der Waals surface area contributed by atoms with Crippen molar-refractivity contribution in [3.05, 3.63) is 89.7 Å². The second-order valence-electron chi connectivity index (χ2n) is 7.32. The first kappa shape index (κ1) is 22.3. The molecule has 1 amide bonds. The Hall–Kier alpha value is -3.38. The lowest BCUT2D eigenvalue weighted by Crippen LogP contribution is -2.27. The van der Waals surface area contributed by atoms with Gasteiger partial charge in [0.25, 0.3) is 0 Å². The first-order valence-corrected chi connectivity index (χ1v) is 10.1. The van der Waals surface area contributed by atoms with Gasteiger partial charge in [-0.15, -0.1) is 0 Å². The number of rotatable bonds is 10. The van der Waals surface area contributed by atoms with Crippen molar-refractivity contribution in [1.82, 2.24) is 0 Å². The number of anilines is 1. The Labute approximate surface area is 181 Å². The zero-order chi connectivity index (χ0) is 22.2. The first-order valence-electron chi connectivity index (χ1n) is 10.1. The van der Waals surface area contributed by atoms with Gasteiger partial charge in [0, 0.05) is 5.69 Å². The zero-order valence-corrected chi connectivity index (χ0v) is 17.3. The fraction of sp³-hybridized carbons (Fsp3) is 0.240. The van der Waals surface area contributed by atoms with Crippen molar-refractivity contribution in [2.75, 3.05) is 12.0 Å². The van der Waals surface area contributed by atoms with E-state index in [0.717, 1.165) is 17.5 Å². The van der Waals surface area contributed by atoms with Crippen LogP contribution in [0.5, 0.6) is 11.5 Å². The number of hydrogen-bond acceptors (Lipinski definition) is 4. The number of carbonyl (C=O) groups excluding carboxylic acids is 1. The normalized spacial score (nSPS) is 12.7. The van der Waals surface area contributed by atoms with Crippen molar-refractivity contribution in [1.29, 1.82) is 0 Å². The molecule has 0 aliphatic carbocycles. The second-order valence-corrected chi connectivity index (χ2v) is 7.32. The van der Waals surface area contributed by atoms with Crippen LogP contribution in [0.1, 0.15) is 42.5 Å². The SMILES string of the molecule is COc1ccc(C(CCCC(O)c2ccc(O)cc2)N(C=O)c2ccc(F)cc2)cc1. The van der Waals surface area contributed by atoms with E-state index in [1.807, 2.05) is 24.3 Å². The summed E-state index contributed by atoms with van der Waals surface area (Å²) in [5, 5.41) is 19.9. The predicted octanol–water partition coefficient (Wildman–Crippen LogP) is 5.15. The second kappa shape index (κ2) is 10.6. The summed E-state index contributed by atoms with van der Waals surface area (Å²) in [6.45, 7) is 0. The lowest BCUT2D eigenvalue weighted by atomic mass is 9.96. The quantitative estimate of drug-likeness (QED) is 0.443. The fourth-order valence-corrected chi connectivity index (χ4v) is 3.59. The standard InChI is InChI=1S/C25H26FNO4/c1-31-23-15-7-18(8-16-23)24(27(17-28)21-11-9-20(26)10-12-21)3-2-4-25(30)19-5-13-22(29)14-6-19/h5-17,24-25,29-30H,2-4H2,1H3. The zero-order valence-electron chi connectivity index (χ0n) is 17.3. The topological polar surface area (TPSA) is 70.0 Å². The van der Waals surface area contributed by atoms with E-state index >= 15 is 0 Å². The van der Waals surface area contributed by atoms with Gasteiger partial charge in [0.05, 0.1) is 19.3 Å². The molecule has 0 spiro atoms. The molecular formula is C25H26FNO4. The average molecular weight is 423 g/mol. The number of aliphatic hydroxyl groups is 1. The van der Waals surface area contributed by atoms with E-state index in [0.29, 0.717) is 30.7 Å². The molecule has 0 aliphatic heterocycles. The molecule has 0 aliphatic rings. The van der Waals surface area contributed by atoms with Crippen LogP contribution in [-0.4, -0.2) is 23.7 Å². The highest BCUT2D eigenvalue weighted by atomic mass is 19.1. The number of halogens is 1. The Morgan fingerprint density at radius 3 is 2.13 bits per heavy atom. The smallest absolute Gasteiger partial charge is 0.214 e. The van der Waals surface area contributed by atoms with Gasteiger partial charge in [-0.3, -0.25) is 4.79 Å². The van der Waals surface area contributed by atoms with Crippen LogP contribution in [0.25, 0.3) is 0 Å². The van der Waals surface area contributed by atoms with Gasteiger partial charge in [0.1, 0.15) is 17.3 Å². The van der Waals surface area contributed by atoms with Crippen LogP contribution in [-0.2, 0) is 4.79 Å². The molecule has 3 aromatic rings. The van der Waals surface area contributed by atoms with Crippen LogP contribution in [0.3, 0.4) is 0 Å². The van der Waals surface area contributed by atoms with E-state index in [-0.39, 0.29) is 17.6 Å². The van der Waals surface area contributed by atoms with Gasteiger partial charge in [0.15, 0.2) is 0 Å². The van der Waals surface area contributed by atoms with Crippen molar-refractivity contribution < 1.29 is 24.1 Å². The summed E-state index contributed by atoms with van der Waals surface area (Å²) < 4.78 is 18.6. The maximum atomic E-state index is 13.4. The Morgan fingerprint density at radius 1 is 0.935 bits per heavy atom. The molecule has 0 aromatic heterocycles. The van der Waals surface area contributed by atoms with Gasteiger partial charge in [-0.25, -0.2) is 4.39 Å². The Morgan fingerprint density at radius 2 is 1.55 bits per heavy atom. The third kappa shape index (κ3) is 5.83. The van der Waals surface area contributed by atoms with E-state index < -0.39 is 6.10 Å². The average Bonchev–Trinajstić information content (AvgIpc) is 2.80. The lowest BCUT2D eigenvalue weighted by molar-refractivity contribution is -0.108. The van der Waals surface area contributed by atoms with Crippen molar-refractivity contribution >= 4 is 12.1 Å². The highest BCUT2D eigenvalue weighted by Crippen LogP contribution is 2.32. The fourth-order valence-electron chi connectivity index (χ4n) is 3.59. The van der Waals surface area contributed by atoms with Crippen LogP contribution in [0, 0.1) is 5.82 Å². The minimum atomic E-state index is -0.674. The highest BCUT2D eigenvalue weighted by Gasteiger charge is 2.21. The molecule has 0 fully saturated rings. The summed E-state index contributed by atoms with van der Waals surface area (Å²) >= 11 is 0. The molecule has 2 N–H and O–H groups in total. The first-order chi connectivity index (χ1) is 15.0. The third-order valence-electron chi connectivity index (χ3n) is 5.31. The number of aliphatic hydroxyl groups excluding tert-OH is 1. The van der Waals surface area contributed by atoms with Gasteiger partial charge in [-0.2, -0.15) is 0 Å². The van der Waals surface area contributed by atoms with Crippen molar-refractivity contribution in [2.45, 2.75) is 31.4 Å². The van der Waals surface area contributed by atoms with E-state index in [9.17, 15) is 19.4 Å². The summed E-state index contributed by atoms with van der Waals surface area (Å²) in [4.78, 5) is 13.6. The van der Waals surface area contributed by atoms with Gasteiger partial charge < -0.3 is 19.8 Å². The number of methoxy groups -OCH3 is 1. The molecule has 2 atom stereocenters. The predicted molar refractivity (Wildman–Crippen MR) is 118 cm³/mol. The minimum Gasteiger partial charge on any atom is -0.508 e. The molecule has 0 saturated carbocycles. The van der Waals surface area contributed by atoms with Gasteiger partial charge >= 0.3 is 0 Å². The van der Waals surface area contributed by atoms with Crippen molar-refractivity contribution in [3.8, 4) is 11.5 Å². The van der Waals surface area contributed by atoms with Crippen LogP contribution >= 0.6 is 0 Å². The van der Waals surface area contributed by atoms with E-state index in [2.05, 4.69) is 0 Å². The molecule has 0 saturated heterocycles. The lowest BCUT2D eigenvalue weighted by Gasteiger charge is -2.29. The number of benzene rings is 3. The van der Waals surface area contributed by atoms with Crippen molar-refractivity contribution in [2.24, 2.45) is 0 Å². The number of hydrogen-bond donors (Lipinski definition) is 2. The molecule has 0 bridgehead atoms. The number of carbonyl (C=O) groups is 1. The number of ether oxygens (including phenoxy) is 1. The molecule has 0 radical (unpaired) electrons. The summed E-state index contributed by atoms with van der Waals surface area (Å²) in [5.74, 6) is 0.494. The van der Waals surface area contributed by atoms with E-state index in [1.165, 1.54) is 12.1 Å². The number of phenols is 1. The molecule has 162 valence electrons. The van der Waals surface area contributed by atoms with Gasteiger partial charge in [-0.05, 0) is 78.9 Å². The van der Waals surface area contributed by atoms with Gasteiger partial charge in [0.2, 0.25) is 6.41 Å². The largest absolute Gasteiger partial charge is 0.508 e. The molecule has 2 unspecified atom stereocenters. The Kier molecular flexibility index (Phi) is 7.62. The molecule has 5 nitrogen and oxygen atoms in total. The maximum Gasteiger partial charge on any atom is 0.214 e. The summed E-state index contributed by atoms with van der Waals surface area (Å²) in [6.07, 6.45) is 1.81. The number of phenolic OH excluding ortho intramolecular Hbond substituents is 1. The monoisotopic (exact) mass is 423 g/mol. The molecule has 3 rings (SSSR count). The summed E-state index contributed by atoms with van der Waals surface area (Å²) in [5.41, 5.74) is 2.23. The number of aromatic hydroxyl groups is 1. The van der Waals surface area contributed by atoms with Crippen LogP contribution < -0.4 is 9.64 Å². The minimum absolute atomic E-state index is 0.149. The van der Waals surface area contributed by atoms with Crippen molar-refractivity contribution in [3.63, 3.8) is 0 Å². The number of amides is 1. The Bertz CT molecular complexity index is 958. The van der Waals surface area contributed by atoms with Crippen LogP contribution in [0.15, 0.2) is 72.8 Å². The molecule has 3 aromatic carbocycles. The molecule has 31 heavy (non-hydrogen) atoms. The van der Waals surface area contributed by atoms with E-state index in [4.69, 9.17) is 4.74 Å². The summed E-state index contributed by atoms with van der Waals surface area (Å²) in [6, 6.07) is 19.5. The summed E-state index contributed by atoms with van der Waals surface area (Å²) in [7, 11) is 1.59. The van der Waals surface area contributed by atoms with E-state index in [1.54, 1.807) is 48.4 Å². The van der Waals surface area contributed by atoms with Gasteiger partial charge in [-0.1, -0.05) is 24.3 Å². The highest BCUT2D eigenvalue weighted by molar-refractivity contribution is 5.76. The molecule has 6 heteroatoms. The molecular weight excluding hydrogens is 397 g/mol. The molecule has 0 heterocycles. The van der Waals surface area contributed by atoms with Crippen LogP contribution in [0.4, 0.5) is 10.1 Å². The maximum absolute atomic E-state index is 13.4.